The molecule has 0 fully saturated rings. The lowest BCUT2D eigenvalue weighted by atomic mass is 10.1. The van der Waals surface area contributed by atoms with E-state index in [0.29, 0.717) is 5.70 Å². The van der Waals surface area contributed by atoms with Gasteiger partial charge in [-0.2, -0.15) is 0 Å². The smallest absolute Gasteiger partial charge is 0.0279 e. The van der Waals surface area contributed by atoms with Crippen LogP contribution in [0.5, 0.6) is 0 Å². The Morgan fingerprint density at radius 2 is 2.00 bits per heavy atom. The summed E-state index contributed by atoms with van der Waals surface area (Å²) in [4.78, 5) is 0. The van der Waals surface area contributed by atoms with E-state index in [4.69, 9.17) is 11.5 Å². The predicted octanol–water partition coefficient (Wildman–Crippen LogP) is 2.21. The quantitative estimate of drug-likeness (QED) is 0.648. The third-order valence-corrected chi connectivity index (χ3v) is 1.55. The zero-order valence-electron chi connectivity index (χ0n) is 8.38. The zero-order chi connectivity index (χ0) is 10.3. The van der Waals surface area contributed by atoms with E-state index in [1.54, 1.807) is 6.08 Å². The number of nitrogens with two attached hydrogens (primary N) is 2. The largest absolute Gasteiger partial charge is 0.403 e. The van der Waals surface area contributed by atoms with Crippen molar-refractivity contribution in [2.24, 2.45) is 11.5 Å². The van der Waals surface area contributed by atoms with Crippen molar-refractivity contribution in [2.75, 3.05) is 0 Å². The summed E-state index contributed by atoms with van der Waals surface area (Å²) in [6, 6.07) is 0. The van der Waals surface area contributed by atoms with Crippen molar-refractivity contribution in [3.63, 3.8) is 0 Å². The van der Waals surface area contributed by atoms with Gasteiger partial charge in [-0.1, -0.05) is 36.0 Å². The molecule has 0 saturated carbocycles. The first-order valence-corrected chi connectivity index (χ1v) is 4.23. The number of rotatable bonds is 4. The minimum Gasteiger partial charge on any atom is -0.403 e. The van der Waals surface area contributed by atoms with Gasteiger partial charge < -0.3 is 11.5 Å². The van der Waals surface area contributed by atoms with Gasteiger partial charge in [0.2, 0.25) is 0 Å². The van der Waals surface area contributed by atoms with Crippen molar-refractivity contribution in [3.05, 3.63) is 47.9 Å². The Bertz CT molecular complexity index is 257. The first-order valence-electron chi connectivity index (χ1n) is 4.23. The molecular weight excluding hydrogens is 160 g/mol. The van der Waals surface area contributed by atoms with Crippen molar-refractivity contribution in [1.82, 2.24) is 0 Å². The summed E-state index contributed by atoms with van der Waals surface area (Å²) < 4.78 is 0. The Balaban J connectivity index is 4.33. The fraction of sp³-hybridized carbons (Fsp3) is 0.273. The monoisotopic (exact) mass is 178 g/mol. The average molecular weight is 178 g/mol. The molecule has 0 aromatic rings. The Morgan fingerprint density at radius 3 is 2.46 bits per heavy atom. The predicted molar refractivity (Wildman–Crippen MR) is 58.8 cm³/mol. The fourth-order valence-corrected chi connectivity index (χ4v) is 1.05. The molecular formula is C11H18N2. The normalized spacial score (nSPS) is 14.5. The Kier molecular flexibility index (Phi) is 5.44. The lowest BCUT2D eigenvalue weighted by molar-refractivity contribution is 1.06. The molecule has 0 bridgehead atoms. The third kappa shape index (κ3) is 5.79. The Hall–Kier alpha value is -1.44. The van der Waals surface area contributed by atoms with Crippen LogP contribution >= 0.6 is 0 Å². The van der Waals surface area contributed by atoms with Gasteiger partial charge in [-0.25, -0.2) is 0 Å². The van der Waals surface area contributed by atoms with Gasteiger partial charge in [0.1, 0.15) is 0 Å². The highest BCUT2D eigenvalue weighted by atomic mass is 14.6. The van der Waals surface area contributed by atoms with E-state index < -0.39 is 0 Å². The summed E-state index contributed by atoms with van der Waals surface area (Å²) in [5.74, 6) is 0. The van der Waals surface area contributed by atoms with E-state index in [-0.39, 0.29) is 0 Å². The summed E-state index contributed by atoms with van der Waals surface area (Å²) in [7, 11) is 0. The summed E-state index contributed by atoms with van der Waals surface area (Å²) in [5.41, 5.74) is 13.9. The first-order chi connectivity index (χ1) is 6.10. The second-order valence-corrected chi connectivity index (χ2v) is 3.06. The molecule has 0 amide bonds. The molecule has 2 nitrogen and oxygen atoms in total. The van der Waals surface area contributed by atoms with Crippen molar-refractivity contribution < 1.29 is 0 Å². The standard InChI is InChI=1S/C11H18N2/c1-4-5-9(2)6-10(3)7-11(13)8-12/h4-6,8H,1,7,12-13H2,2-3H3/b9-5-,10-6-,11-8-. The second-order valence-electron chi connectivity index (χ2n) is 3.06. The highest BCUT2D eigenvalue weighted by Gasteiger charge is 1.92. The van der Waals surface area contributed by atoms with Gasteiger partial charge in [-0.15, -0.1) is 0 Å². The van der Waals surface area contributed by atoms with E-state index in [9.17, 15) is 0 Å². The summed E-state index contributed by atoms with van der Waals surface area (Å²) in [6.07, 6.45) is 7.94. The molecule has 2 heteroatoms. The molecule has 72 valence electrons. The van der Waals surface area contributed by atoms with E-state index in [1.165, 1.54) is 11.8 Å². The van der Waals surface area contributed by atoms with Gasteiger partial charge in [0.15, 0.2) is 0 Å². The molecule has 0 unspecified atom stereocenters. The van der Waals surface area contributed by atoms with Gasteiger partial charge in [-0.05, 0) is 13.8 Å². The van der Waals surface area contributed by atoms with Crippen LogP contribution in [0.25, 0.3) is 0 Å². The van der Waals surface area contributed by atoms with Crippen LogP contribution in [0, 0.1) is 0 Å². The highest BCUT2D eigenvalue weighted by Crippen LogP contribution is 2.08. The molecule has 0 saturated heterocycles. The first kappa shape index (κ1) is 11.6. The van der Waals surface area contributed by atoms with Gasteiger partial charge in [0.25, 0.3) is 0 Å². The SMILES string of the molecule is C=C/C=C(C)\C=C(\C)C/C(N)=C/N. The molecule has 0 aliphatic heterocycles. The molecule has 4 N–H and O–H groups in total. The molecule has 0 aliphatic rings. The minimum atomic E-state index is 0.695. The molecule has 13 heavy (non-hydrogen) atoms. The van der Waals surface area contributed by atoms with Gasteiger partial charge in [-0.3, -0.25) is 0 Å². The van der Waals surface area contributed by atoms with Crippen LogP contribution in [-0.2, 0) is 0 Å². The van der Waals surface area contributed by atoms with Gasteiger partial charge in [0, 0.05) is 18.3 Å². The highest BCUT2D eigenvalue weighted by molar-refractivity contribution is 5.25. The second kappa shape index (κ2) is 6.12. The topological polar surface area (TPSA) is 52.0 Å². The van der Waals surface area contributed by atoms with Crippen LogP contribution in [0.15, 0.2) is 47.9 Å². The van der Waals surface area contributed by atoms with Crippen LogP contribution in [-0.4, -0.2) is 0 Å². The molecule has 0 spiro atoms. The average Bonchev–Trinajstić information content (AvgIpc) is 2.04. The molecule has 0 rings (SSSR count). The maximum absolute atomic E-state index is 5.58. The molecule has 0 aromatic heterocycles. The van der Waals surface area contributed by atoms with Crippen LogP contribution < -0.4 is 11.5 Å². The van der Waals surface area contributed by atoms with Crippen molar-refractivity contribution >= 4 is 0 Å². The fourth-order valence-electron chi connectivity index (χ4n) is 1.05. The molecule has 0 aliphatic carbocycles. The molecule has 0 heterocycles. The van der Waals surface area contributed by atoms with Gasteiger partial charge >= 0.3 is 0 Å². The van der Waals surface area contributed by atoms with Crippen LogP contribution in [0.2, 0.25) is 0 Å². The van der Waals surface area contributed by atoms with Crippen molar-refractivity contribution in [3.8, 4) is 0 Å². The van der Waals surface area contributed by atoms with E-state index in [1.807, 2.05) is 19.9 Å². The van der Waals surface area contributed by atoms with Crippen molar-refractivity contribution in [1.29, 1.82) is 0 Å². The Morgan fingerprint density at radius 1 is 1.38 bits per heavy atom. The number of hydrogen-bond acceptors (Lipinski definition) is 2. The summed E-state index contributed by atoms with van der Waals surface area (Å²) in [6.45, 7) is 7.67. The number of allylic oxidation sites excluding steroid dienone is 5. The van der Waals surface area contributed by atoms with Crippen LogP contribution in [0.1, 0.15) is 20.3 Å². The van der Waals surface area contributed by atoms with E-state index >= 15 is 0 Å². The van der Waals surface area contributed by atoms with E-state index in [0.717, 1.165) is 12.0 Å². The summed E-state index contributed by atoms with van der Waals surface area (Å²) in [5, 5.41) is 0. The number of hydrogen-bond donors (Lipinski definition) is 2. The molecule has 0 radical (unpaired) electrons. The minimum absolute atomic E-state index is 0.695. The summed E-state index contributed by atoms with van der Waals surface area (Å²) >= 11 is 0. The van der Waals surface area contributed by atoms with E-state index in [2.05, 4.69) is 12.7 Å². The van der Waals surface area contributed by atoms with Crippen LogP contribution in [0.3, 0.4) is 0 Å². The third-order valence-electron chi connectivity index (χ3n) is 1.55. The molecule has 0 aromatic carbocycles. The Labute approximate surface area is 80.3 Å². The molecule has 0 atom stereocenters. The maximum atomic E-state index is 5.58. The lowest BCUT2D eigenvalue weighted by Gasteiger charge is -2.00. The lowest BCUT2D eigenvalue weighted by Crippen LogP contribution is -2.00. The van der Waals surface area contributed by atoms with Crippen LogP contribution in [0.4, 0.5) is 0 Å². The van der Waals surface area contributed by atoms with Gasteiger partial charge in [0.05, 0.1) is 0 Å². The van der Waals surface area contributed by atoms with Crippen molar-refractivity contribution in [2.45, 2.75) is 20.3 Å². The zero-order valence-corrected chi connectivity index (χ0v) is 8.38. The maximum Gasteiger partial charge on any atom is 0.0279 e.